The van der Waals surface area contributed by atoms with E-state index in [4.69, 9.17) is 16.3 Å². The van der Waals surface area contributed by atoms with Gasteiger partial charge >= 0.3 is 0 Å². The monoisotopic (exact) mass is 278 g/mol. The fraction of sp³-hybridized carbons (Fsp3) is 0.357. The number of rotatable bonds is 2. The second kappa shape index (κ2) is 4.87. The van der Waals surface area contributed by atoms with Crippen molar-refractivity contribution in [3.63, 3.8) is 0 Å². The summed E-state index contributed by atoms with van der Waals surface area (Å²) in [5.41, 5.74) is 1.38. The molecule has 1 atom stereocenters. The Hall–Kier alpha value is -1.52. The zero-order valence-electron chi connectivity index (χ0n) is 10.6. The molecule has 1 aliphatic heterocycles. The molecule has 2 aromatic rings. The zero-order valence-corrected chi connectivity index (χ0v) is 11.4. The van der Waals surface area contributed by atoms with Gasteiger partial charge in [-0.1, -0.05) is 23.7 Å². The van der Waals surface area contributed by atoms with E-state index in [0.717, 1.165) is 23.9 Å². The lowest BCUT2D eigenvalue weighted by Crippen LogP contribution is -2.37. The van der Waals surface area contributed by atoms with E-state index < -0.39 is 0 Å². The van der Waals surface area contributed by atoms with Gasteiger partial charge in [0, 0.05) is 19.0 Å². The molecule has 0 spiro atoms. The summed E-state index contributed by atoms with van der Waals surface area (Å²) in [4.78, 5) is 17.3. The Balaban J connectivity index is 1.90. The third-order valence-corrected chi connectivity index (χ3v) is 3.92. The highest BCUT2D eigenvalue weighted by molar-refractivity contribution is 6.35. The molecule has 19 heavy (non-hydrogen) atoms. The molecule has 1 aromatic carbocycles. The standard InChI is InChI=1S/C14H15ClN2O2/c1-17(10-5-6-19-8-10)14(18)12-7-9-3-2-4-11(15)13(9)16-12/h2-4,7,10,16H,5-6,8H2,1H3. The van der Waals surface area contributed by atoms with Crippen molar-refractivity contribution in [3.8, 4) is 0 Å². The van der Waals surface area contributed by atoms with Crippen molar-refractivity contribution in [2.24, 2.45) is 0 Å². The van der Waals surface area contributed by atoms with Gasteiger partial charge in [0.05, 0.1) is 23.2 Å². The molecule has 1 saturated heterocycles. The summed E-state index contributed by atoms with van der Waals surface area (Å²) in [6, 6.07) is 7.63. The van der Waals surface area contributed by atoms with Crippen LogP contribution in [0.3, 0.4) is 0 Å². The normalized spacial score (nSPS) is 18.9. The number of halogens is 1. The molecule has 5 heteroatoms. The van der Waals surface area contributed by atoms with Gasteiger partial charge in [-0.05, 0) is 18.6 Å². The van der Waals surface area contributed by atoms with E-state index in [0.29, 0.717) is 17.3 Å². The van der Waals surface area contributed by atoms with E-state index in [9.17, 15) is 4.79 Å². The summed E-state index contributed by atoms with van der Waals surface area (Å²) < 4.78 is 5.32. The molecular weight excluding hydrogens is 264 g/mol. The summed E-state index contributed by atoms with van der Waals surface area (Å²) in [5.74, 6) is -0.0252. The molecule has 3 rings (SSSR count). The first-order chi connectivity index (χ1) is 9.16. The largest absolute Gasteiger partial charge is 0.379 e. The molecule has 1 N–H and O–H groups in total. The predicted octanol–water partition coefficient (Wildman–Crippen LogP) is 2.68. The van der Waals surface area contributed by atoms with Crippen LogP contribution in [0.15, 0.2) is 24.3 Å². The Kier molecular flexibility index (Phi) is 3.21. The van der Waals surface area contributed by atoms with Crippen molar-refractivity contribution in [1.82, 2.24) is 9.88 Å². The van der Waals surface area contributed by atoms with Gasteiger partial charge < -0.3 is 14.6 Å². The number of amides is 1. The average Bonchev–Trinajstić information content (AvgIpc) is 3.06. The first-order valence-electron chi connectivity index (χ1n) is 6.29. The summed E-state index contributed by atoms with van der Waals surface area (Å²) in [7, 11) is 1.81. The molecule has 0 aliphatic carbocycles. The molecule has 1 fully saturated rings. The second-order valence-corrected chi connectivity index (χ2v) is 5.23. The quantitative estimate of drug-likeness (QED) is 0.918. The number of benzene rings is 1. The van der Waals surface area contributed by atoms with E-state index in [1.807, 2.05) is 31.3 Å². The number of hydrogen-bond acceptors (Lipinski definition) is 2. The minimum Gasteiger partial charge on any atom is -0.379 e. The number of likely N-dealkylation sites (N-methyl/N-ethyl adjacent to an activating group) is 1. The number of nitrogens with zero attached hydrogens (tertiary/aromatic N) is 1. The van der Waals surface area contributed by atoms with E-state index in [1.54, 1.807) is 4.90 Å². The van der Waals surface area contributed by atoms with Gasteiger partial charge in [0.25, 0.3) is 5.91 Å². The Morgan fingerprint density at radius 3 is 3.05 bits per heavy atom. The maximum atomic E-state index is 12.4. The fourth-order valence-corrected chi connectivity index (χ4v) is 2.65. The summed E-state index contributed by atoms with van der Waals surface area (Å²) in [6.07, 6.45) is 0.892. The highest BCUT2D eigenvalue weighted by atomic mass is 35.5. The van der Waals surface area contributed by atoms with Crippen molar-refractivity contribution < 1.29 is 9.53 Å². The Labute approximate surface area is 116 Å². The highest BCUT2D eigenvalue weighted by Crippen LogP contribution is 2.24. The van der Waals surface area contributed by atoms with Gasteiger partial charge in [0.15, 0.2) is 0 Å². The summed E-state index contributed by atoms with van der Waals surface area (Å²) in [6.45, 7) is 1.34. The maximum absolute atomic E-state index is 12.4. The smallest absolute Gasteiger partial charge is 0.270 e. The molecule has 0 bridgehead atoms. The number of fused-ring (bicyclic) bond motifs is 1. The lowest BCUT2D eigenvalue weighted by atomic mass is 10.2. The van der Waals surface area contributed by atoms with E-state index in [2.05, 4.69) is 4.98 Å². The molecule has 1 aromatic heterocycles. The van der Waals surface area contributed by atoms with Gasteiger partial charge in [0.2, 0.25) is 0 Å². The summed E-state index contributed by atoms with van der Waals surface area (Å²) >= 11 is 6.11. The Morgan fingerprint density at radius 1 is 1.53 bits per heavy atom. The number of aromatic amines is 1. The van der Waals surface area contributed by atoms with Crippen LogP contribution in [0.25, 0.3) is 10.9 Å². The predicted molar refractivity (Wildman–Crippen MR) is 74.6 cm³/mol. The number of carbonyl (C=O) groups is 1. The van der Waals surface area contributed by atoms with Crippen LogP contribution in [-0.4, -0.2) is 42.1 Å². The molecule has 1 amide bonds. The molecule has 1 unspecified atom stereocenters. The minimum absolute atomic E-state index is 0.0252. The third-order valence-electron chi connectivity index (χ3n) is 3.61. The molecule has 0 saturated carbocycles. The Morgan fingerprint density at radius 2 is 2.37 bits per heavy atom. The van der Waals surface area contributed by atoms with Crippen LogP contribution in [0.4, 0.5) is 0 Å². The van der Waals surface area contributed by atoms with Gasteiger partial charge in [-0.3, -0.25) is 4.79 Å². The SMILES string of the molecule is CN(C(=O)c1cc2cccc(Cl)c2[nH]1)C1CCOC1. The van der Waals surface area contributed by atoms with Gasteiger partial charge in [-0.15, -0.1) is 0 Å². The maximum Gasteiger partial charge on any atom is 0.270 e. The van der Waals surface area contributed by atoms with Crippen molar-refractivity contribution in [2.45, 2.75) is 12.5 Å². The topological polar surface area (TPSA) is 45.3 Å². The van der Waals surface area contributed by atoms with Crippen molar-refractivity contribution >= 4 is 28.4 Å². The first kappa shape index (κ1) is 12.5. The lowest BCUT2D eigenvalue weighted by Gasteiger charge is -2.22. The molecule has 2 heterocycles. The number of hydrogen-bond donors (Lipinski definition) is 1. The number of carbonyl (C=O) groups excluding carboxylic acids is 1. The van der Waals surface area contributed by atoms with E-state index in [1.165, 1.54) is 0 Å². The van der Waals surface area contributed by atoms with Crippen LogP contribution in [-0.2, 0) is 4.74 Å². The number of ether oxygens (including phenoxy) is 1. The number of aromatic nitrogens is 1. The summed E-state index contributed by atoms with van der Waals surface area (Å²) in [5, 5.41) is 1.58. The van der Waals surface area contributed by atoms with Crippen molar-refractivity contribution in [3.05, 3.63) is 35.0 Å². The molecule has 4 nitrogen and oxygen atoms in total. The molecule has 1 aliphatic rings. The van der Waals surface area contributed by atoms with Gasteiger partial charge in [-0.25, -0.2) is 0 Å². The van der Waals surface area contributed by atoms with Crippen LogP contribution < -0.4 is 0 Å². The first-order valence-corrected chi connectivity index (χ1v) is 6.67. The van der Waals surface area contributed by atoms with E-state index >= 15 is 0 Å². The Bertz CT molecular complexity index is 617. The van der Waals surface area contributed by atoms with Crippen LogP contribution in [0.5, 0.6) is 0 Å². The molecule has 100 valence electrons. The second-order valence-electron chi connectivity index (χ2n) is 4.82. The fourth-order valence-electron chi connectivity index (χ4n) is 2.42. The zero-order chi connectivity index (χ0) is 13.4. The lowest BCUT2D eigenvalue weighted by molar-refractivity contribution is 0.0706. The van der Waals surface area contributed by atoms with Crippen LogP contribution >= 0.6 is 11.6 Å². The van der Waals surface area contributed by atoms with E-state index in [-0.39, 0.29) is 11.9 Å². The van der Waals surface area contributed by atoms with Crippen LogP contribution in [0.1, 0.15) is 16.9 Å². The number of nitrogens with one attached hydrogen (secondary N) is 1. The third kappa shape index (κ3) is 2.22. The average molecular weight is 279 g/mol. The van der Waals surface area contributed by atoms with Crippen molar-refractivity contribution in [1.29, 1.82) is 0 Å². The number of para-hydroxylation sites is 1. The van der Waals surface area contributed by atoms with Crippen LogP contribution in [0.2, 0.25) is 5.02 Å². The molecule has 0 radical (unpaired) electrons. The minimum atomic E-state index is -0.0252. The number of H-pyrrole nitrogens is 1. The molecular formula is C14H15ClN2O2. The van der Waals surface area contributed by atoms with Gasteiger partial charge in [0.1, 0.15) is 5.69 Å². The highest BCUT2D eigenvalue weighted by Gasteiger charge is 2.25. The van der Waals surface area contributed by atoms with Crippen molar-refractivity contribution in [2.75, 3.05) is 20.3 Å². The van der Waals surface area contributed by atoms with Gasteiger partial charge in [-0.2, -0.15) is 0 Å². The van der Waals surface area contributed by atoms with Crippen LogP contribution in [0, 0.1) is 0 Å².